The Hall–Kier alpha value is -1.31. The summed E-state index contributed by atoms with van der Waals surface area (Å²) < 4.78 is 5.36. The molecule has 0 radical (unpaired) electrons. The minimum atomic E-state index is -0.0606. The van der Waals surface area contributed by atoms with Crippen molar-refractivity contribution in [1.82, 2.24) is 0 Å². The summed E-state index contributed by atoms with van der Waals surface area (Å²) in [5.74, 6) is 1.83. The van der Waals surface area contributed by atoms with Gasteiger partial charge in [0, 0.05) is 5.41 Å². The van der Waals surface area contributed by atoms with E-state index in [1.807, 2.05) is 18.2 Å². The van der Waals surface area contributed by atoms with Gasteiger partial charge in [-0.25, -0.2) is 0 Å². The molecule has 1 unspecified atom stereocenters. The lowest BCUT2D eigenvalue weighted by Gasteiger charge is -2.46. The fourth-order valence-corrected chi connectivity index (χ4v) is 4.10. The smallest absolute Gasteiger partial charge is 0.165 e. The van der Waals surface area contributed by atoms with Crippen molar-refractivity contribution < 1.29 is 9.21 Å². The molecule has 2 aliphatic rings. The molecule has 3 rings (SSSR count). The van der Waals surface area contributed by atoms with Crippen LogP contribution in [0.1, 0.15) is 57.6 Å². The molecule has 1 aromatic rings. The van der Waals surface area contributed by atoms with Crippen molar-refractivity contribution in [2.24, 2.45) is 11.3 Å². The van der Waals surface area contributed by atoms with Crippen molar-refractivity contribution in [3.63, 3.8) is 0 Å². The molecule has 0 N–H and O–H groups in total. The maximum Gasteiger partial charge on any atom is 0.165 e. The first-order valence-corrected chi connectivity index (χ1v) is 7.55. The minimum absolute atomic E-state index is 0.0606. The molecule has 2 fully saturated rings. The predicted octanol–water partition coefficient (Wildman–Crippen LogP) is 4.61. The third kappa shape index (κ3) is 2.07. The van der Waals surface area contributed by atoms with E-state index in [4.69, 9.17) is 4.42 Å². The fourth-order valence-electron chi connectivity index (χ4n) is 4.10. The van der Waals surface area contributed by atoms with Crippen LogP contribution in [0, 0.1) is 11.3 Å². The van der Waals surface area contributed by atoms with Gasteiger partial charge < -0.3 is 4.42 Å². The first-order chi connectivity index (χ1) is 9.26. The van der Waals surface area contributed by atoms with Crippen LogP contribution in [0.3, 0.4) is 0 Å². The number of rotatable bonds is 2. The molecule has 1 aromatic heterocycles. The monoisotopic (exact) mass is 258 g/mol. The lowest BCUT2D eigenvalue weighted by atomic mass is 9.56. The van der Waals surface area contributed by atoms with Crippen LogP contribution in [0.15, 0.2) is 28.4 Å². The first kappa shape index (κ1) is 12.7. The van der Waals surface area contributed by atoms with E-state index in [9.17, 15) is 4.79 Å². The highest BCUT2D eigenvalue weighted by molar-refractivity contribution is 6.04. The highest BCUT2D eigenvalue weighted by atomic mass is 16.3. The van der Waals surface area contributed by atoms with Gasteiger partial charge in [-0.2, -0.15) is 0 Å². The van der Waals surface area contributed by atoms with Crippen molar-refractivity contribution in [1.29, 1.82) is 0 Å². The molecule has 2 saturated carbocycles. The number of allylic oxidation sites excluding steroid dienone is 1. The van der Waals surface area contributed by atoms with Crippen LogP contribution >= 0.6 is 0 Å². The summed E-state index contributed by atoms with van der Waals surface area (Å²) in [6.07, 6.45) is 11.6. The van der Waals surface area contributed by atoms with Gasteiger partial charge in [-0.1, -0.05) is 19.8 Å². The molecule has 0 aliphatic heterocycles. The fraction of sp³-hybridized carbons (Fsp3) is 0.588. The number of hydrogen-bond acceptors (Lipinski definition) is 2. The van der Waals surface area contributed by atoms with Crippen LogP contribution in [0.2, 0.25) is 0 Å². The molecule has 0 spiro atoms. The summed E-state index contributed by atoms with van der Waals surface area (Å²) in [6.45, 7) is 2.19. The van der Waals surface area contributed by atoms with Crippen LogP contribution in [-0.4, -0.2) is 5.78 Å². The Kier molecular flexibility index (Phi) is 3.34. The van der Waals surface area contributed by atoms with Gasteiger partial charge in [0.15, 0.2) is 5.78 Å². The van der Waals surface area contributed by atoms with E-state index in [1.54, 1.807) is 6.26 Å². The lowest BCUT2D eigenvalue weighted by molar-refractivity contribution is -0.133. The van der Waals surface area contributed by atoms with E-state index < -0.39 is 0 Å². The average Bonchev–Trinajstić information content (AvgIpc) is 2.95. The number of ketones is 1. The van der Waals surface area contributed by atoms with Crippen LogP contribution in [0.4, 0.5) is 0 Å². The van der Waals surface area contributed by atoms with Crippen molar-refractivity contribution in [3.05, 3.63) is 29.7 Å². The Morgan fingerprint density at radius 3 is 3.05 bits per heavy atom. The minimum Gasteiger partial charge on any atom is -0.465 e. The van der Waals surface area contributed by atoms with Crippen molar-refractivity contribution in [2.45, 2.75) is 51.9 Å². The standard InChI is InChI=1S/C17H22O2/c1-2-17-10-4-3-6-14(17)9-8-13(16(17)18)12-15-7-5-11-19-15/h5,7,11-12,14H,2-4,6,8-10H2,1H3/b13-12-/t14?,17-/m0/s1. The number of carbonyl (C=O) groups excluding carboxylic acids is 1. The van der Waals surface area contributed by atoms with E-state index >= 15 is 0 Å². The maximum atomic E-state index is 12.9. The molecule has 2 aliphatic carbocycles. The summed E-state index contributed by atoms with van der Waals surface area (Å²) in [5, 5.41) is 0. The van der Waals surface area contributed by atoms with Gasteiger partial charge in [-0.3, -0.25) is 4.79 Å². The molecule has 0 saturated heterocycles. The molecule has 1 heterocycles. The van der Waals surface area contributed by atoms with Gasteiger partial charge in [0.2, 0.25) is 0 Å². The molecule has 19 heavy (non-hydrogen) atoms. The molecule has 2 heteroatoms. The Morgan fingerprint density at radius 1 is 1.42 bits per heavy atom. The highest BCUT2D eigenvalue weighted by Crippen LogP contribution is 2.52. The number of Topliss-reactive ketones (excluding diaryl/α,β-unsaturated/α-hetero) is 1. The van der Waals surface area contributed by atoms with Crippen molar-refractivity contribution >= 4 is 11.9 Å². The quantitative estimate of drug-likeness (QED) is 0.725. The van der Waals surface area contributed by atoms with Gasteiger partial charge in [0.05, 0.1) is 6.26 Å². The Balaban J connectivity index is 1.92. The molecule has 0 aromatic carbocycles. The second-order valence-corrected chi connectivity index (χ2v) is 6.01. The normalized spacial score (nSPS) is 33.4. The summed E-state index contributed by atoms with van der Waals surface area (Å²) >= 11 is 0. The SMILES string of the molecule is CC[C@]12CCCCC1CC/C(=C/c1ccco1)C2=O. The Morgan fingerprint density at radius 2 is 2.32 bits per heavy atom. The topological polar surface area (TPSA) is 30.2 Å². The Bertz CT molecular complexity index is 483. The molecule has 2 nitrogen and oxygen atoms in total. The van der Waals surface area contributed by atoms with Crippen LogP contribution in [-0.2, 0) is 4.79 Å². The summed E-state index contributed by atoms with van der Waals surface area (Å²) in [5.41, 5.74) is 0.921. The van der Waals surface area contributed by atoms with Gasteiger partial charge >= 0.3 is 0 Å². The lowest BCUT2D eigenvalue weighted by Crippen LogP contribution is -2.44. The second kappa shape index (κ2) is 4.99. The maximum absolute atomic E-state index is 12.9. The highest BCUT2D eigenvalue weighted by Gasteiger charge is 2.48. The van der Waals surface area contributed by atoms with Crippen LogP contribution in [0.25, 0.3) is 6.08 Å². The van der Waals surface area contributed by atoms with Crippen molar-refractivity contribution in [3.8, 4) is 0 Å². The molecule has 102 valence electrons. The van der Waals surface area contributed by atoms with E-state index in [-0.39, 0.29) is 5.41 Å². The molecule has 0 amide bonds. The number of furan rings is 1. The molecule has 2 atom stereocenters. The summed E-state index contributed by atoms with van der Waals surface area (Å²) in [6, 6.07) is 3.80. The molecular formula is C17H22O2. The molecular weight excluding hydrogens is 236 g/mol. The summed E-state index contributed by atoms with van der Waals surface area (Å²) in [4.78, 5) is 12.9. The molecule has 0 bridgehead atoms. The largest absolute Gasteiger partial charge is 0.465 e. The van der Waals surface area contributed by atoms with Crippen molar-refractivity contribution in [2.75, 3.05) is 0 Å². The second-order valence-electron chi connectivity index (χ2n) is 6.01. The third-order valence-electron chi connectivity index (χ3n) is 5.20. The number of carbonyl (C=O) groups is 1. The van der Waals surface area contributed by atoms with Gasteiger partial charge in [0.1, 0.15) is 5.76 Å². The van der Waals surface area contributed by atoms with Gasteiger partial charge in [0.25, 0.3) is 0 Å². The zero-order valence-electron chi connectivity index (χ0n) is 11.7. The van der Waals surface area contributed by atoms with E-state index in [2.05, 4.69) is 6.92 Å². The zero-order chi connectivity index (χ0) is 13.3. The average molecular weight is 258 g/mol. The first-order valence-electron chi connectivity index (χ1n) is 7.55. The number of fused-ring (bicyclic) bond motifs is 1. The van der Waals surface area contributed by atoms with Crippen LogP contribution < -0.4 is 0 Å². The van der Waals surface area contributed by atoms with Gasteiger partial charge in [-0.15, -0.1) is 0 Å². The van der Waals surface area contributed by atoms with E-state index in [1.165, 1.54) is 25.7 Å². The van der Waals surface area contributed by atoms with Gasteiger partial charge in [-0.05, 0) is 61.8 Å². The summed E-state index contributed by atoms with van der Waals surface area (Å²) in [7, 11) is 0. The van der Waals surface area contributed by atoms with E-state index in [0.717, 1.165) is 30.6 Å². The predicted molar refractivity (Wildman–Crippen MR) is 75.6 cm³/mol. The third-order valence-corrected chi connectivity index (χ3v) is 5.20. The zero-order valence-corrected chi connectivity index (χ0v) is 11.7. The van der Waals surface area contributed by atoms with E-state index in [0.29, 0.717) is 11.7 Å². The number of hydrogen-bond donors (Lipinski definition) is 0. The van der Waals surface area contributed by atoms with Crippen LogP contribution in [0.5, 0.6) is 0 Å². The Labute approximate surface area is 114 Å².